The van der Waals surface area contributed by atoms with Crippen molar-refractivity contribution in [2.75, 3.05) is 5.32 Å². The average molecular weight is 335 g/mol. The van der Waals surface area contributed by atoms with Crippen LogP contribution in [0.2, 0.25) is 0 Å². The third-order valence-electron chi connectivity index (χ3n) is 3.91. The fourth-order valence-corrected chi connectivity index (χ4v) is 2.67. The van der Waals surface area contributed by atoms with Gasteiger partial charge in [0.25, 0.3) is 5.91 Å². The molecule has 0 aliphatic carbocycles. The quantitative estimate of drug-likeness (QED) is 0.755. The number of nitrogens with one attached hydrogen (secondary N) is 1. The Morgan fingerprint density at radius 1 is 1.16 bits per heavy atom. The molecule has 0 aliphatic rings. The highest BCUT2D eigenvalue weighted by Gasteiger charge is 2.14. The first-order valence-electron chi connectivity index (χ1n) is 8.24. The summed E-state index contributed by atoms with van der Waals surface area (Å²) in [5.41, 5.74) is 3.09. The number of amides is 1. The maximum atomic E-state index is 12.6. The van der Waals surface area contributed by atoms with Crippen molar-refractivity contribution < 1.29 is 9.53 Å². The van der Waals surface area contributed by atoms with Gasteiger partial charge in [-0.25, -0.2) is 0 Å². The Morgan fingerprint density at radius 2 is 1.92 bits per heavy atom. The van der Waals surface area contributed by atoms with Crippen LogP contribution in [0.1, 0.15) is 28.5 Å². The highest BCUT2D eigenvalue weighted by atomic mass is 16.5. The summed E-state index contributed by atoms with van der Waals surface area (Å²) in [6, 6.07) is 15.0. The van der Waals surface area contributed by atoms with E-state index in [1.807, 2.05) is 63.5 Å². The SMILES string of the molecule is CCc1nn(C)cc1NC(=O)c1ccc(Oc2ccccc2)cc1C. The summed E-state index contributed by atoms with van der Waals surface area (Å²) in [6.07, 6.45) is 2.58. The highest BCUT2D eigenvalue weighted by molar-refractivity contribution is 6.05. The van der Waals surface area contributed by atoms with E-state index in [-0.39, 0.29) is 5.91 Å². The number of rotatable bonds is 5. The van der Waals surface area contributed by atoms with Gasteiger partial charge in [0.15, 0.2) is 0 Å². The van der Waals surface area contributed by atoms with Crippen LogP contribution in [0.4, 0.5) is 5.69 Å². The zero-order valence-corrected chi connectivity index (χ0v) is 14.6. The maximum Gasteiger partial charge on any atom is 0.256 e. The number of ether oxygens (including phenoxy) is 1. The molecule has 1 amide bonds. The first kappa shape index (κ1) is 16.8. The third kappa shape index (κ3) is 3.88. The van der Waals surface area contributed by atoms with Gasteiger partial charge in [0, 0.05) is 18.8 Å². The molecular formula is C20H21N3O2. The second kappa shape index (κ2) is 7.21. The van der Waals surface area contributed by atoms with Gasteiger partial charge in [-0.2, -0.15) is 5.10 Å². The molecule has 1 N–H and O–H groups in total. The van der Waals surface area contributed by atoms with E-state index < -0.39 is 0 Å². The monoisotopic (exact) mass is 335 g/mol. The van der Waals surface area contributed by atoms with Crippen LogP contribution in [-0.4, -0.2) is 15.7 Å². The Hall–Kier alpha value is -3.08. The number of carbonyl (C=O) groups excluding carboxylic acids is 1. The lowest BCUT2D eigenvalue weighted by Gasteiger charge is -2.10. The van der Waals surface area contributed by atoms with Gasteiger partial charge in [-0.05, 0) is 49.2 Å². The smallest absolute Gasteiger partial charge is 0.256 e. The summed E-state index contributed by atoms with van der Waals surface area (Å²) in [5.74, 6) is 1.32. The Kier molecular flexibility index (Phi) is 4.84. The lowest BCUT2D eigenvalue weighted by molar-refractivity contribution is 0.102. The molecule has 128 valence electrons. The highest BCUT2D eigenvalue weighted by Crippen LogP contribution is 2.24. The number of para-hydroxylation sites is 1. The van der Waals surface area contributed by atoms with Crippen LogP contribution in [0.15, 0.2) is 54.7 Å². The molecule has 1 heterocycles. The summed E-state index contributed by atoms with van der Waals surface area (Å²) in [6.45, 7) is 3.91. The van der Waals surface area contributed by atoms with Crippen molar-refractivity contribution in [1.82, 2.24) is 9.78 Å². The van der Waals surface area contributed by atoms with Gasteiger partial charge in [-0.3, -0.25) is 9.48 Å². The summed E-state index contributed by atoms with van der Waals surface area (Å²) in [4.78, 5) is 12.6. The van der Waals surface area contributed by atoms with Gasteiger partial charge in [0.1, 0.15) is 11.5 Å². The molecule has 0 unspecified atom stereocenters. The van der Waals surface area contributed by atoms with Crippen LogP contribution in [0, 0.1) is 6.92 Å². The number of aromatic nitrogens is 2. The van der Waals surface area contributed by atoms with E-state index in [2.05, 4.69) is 10.4 Å². The van der Waals surface area contributed by atoms with Crippen LogP contribution in [-0.2, 0) is 13.5 Å². The molecule has 1 aromatic heterocycles. The summed E-state index contributed by atoms with van der Waals surface area (Å²) in [5, 5.41) is 7.29. The molecular weight excluding hydrogens is 314 g/mol. The molecule has 3 rings (SSSR count). The topological polar surface area (TPSA) is 56.2 Å². The van der Waals surface area contributed by atoms with Crippen molar-refractivity contribution in [1.29, 1.82) is 0 Å². The predicted octanol–water partition coefficient (Wildman–Crippen LogP) is 4.34. The number of hydrogen-bond donors (Lipinski definition) is 1. The normalized spacial score (nSPS) is 10.5. The first-order valence-corrected chi connectivity index (χ1v) is 8.24. The minimum absolute atomic E-state index is 0.147. The summed E-state index contributed by atoms with van der Waals surface area (Å²) in [7, 11) is 1.84. The first-order chi connectivity index (χ1) is 12.1. The van der Waals surface area contributed by atoms with Crippen molar-refractivity contribution in [2.45, 2.75) is 20.3 Å². The van der Waals surface area contributed by atoms with Crippen LogP contribution in [0.3, 0.4) is 0 Å². The molecule has 5 heteroatoms. The molecule has 25 heavy (non-hydrogen) atoms. The van der Waals surface area contributed by atoms with Crippen LogP contribution in [0.5, 0.6) is 11.5 Å². The number of hydrogen-bond acceptors (Lipinski definition) is 3. The number of anilines is 1. The van der Waals surface area contributed by atoms with Crippen LogP contribution < -0.4 is 10.1 Å². The molecule has 0 fully saturated rings. The van der Waals surface area contributed by atoms with Gasteiger partial charge in [0.05, 0.1) is 11.4 Å². The number of aryl methyl sites for hydroxylation is 3. The molecule has 0 radical (unpaired) electrons. The van der Waals surface area contributed by atoms with Crippen LogP contribution in [0.25, 0.3) is 0 Å². The molecule has 2 aromatic carbocycles. The zero-order chi connectivity index (χ0) is 17.8. The van der Waals surface area contributed by atoms with E-state index in [1.54, 1.807) is 16.8 Å². The molecule has 0 atom stereocenters. The minimum Gasteiger partial charge on any atom is -0.457 e. The maximum absolute atomic E-state index is 12.6. The molecule has 0 saturated heterocycles. The molecule has 0 spiro atoms. The van der Waals surface area contributed by atoms with Crippen molar-refractivity contribution in [3.63, 3.8) is 0 Å². The zero-order valence-electron chi connectivity index (χ0n) is 14.6. The lowest BCUT2D eigenvalue weighted by Crippen LogP contribution is -2.14. The number of benzene rings is 2. The van der Waals surface area contributed by atoms with E-state index in [9.17, 15) is 4.79 Å². The van der Waals surface area contributed by atoms with E-state index in [1.165, 1.54) is 0 Å². The van der Waals surface area contributed by atoms with E-state index in [4.69, 9.17) is 4.74 Å². The van der Waals surface area contributed by atoms with E-state index >= 15 is 0 Å². The molecule has 0 saturated carbocycles. The largest absolute Gasteiger partial charge is 0.457 e. The predicted molar refractivity (Wildman–Crippen MR) is 98.2 cm³/mol. The van der Waals surface area contributed by atoms with Gasteiger partial charge in [-0.15, -0.1) is 0 Å². The lowest BCUT2D eigenvalue weighted by atomic mass is 10.1. The summed E-state index contributed by atoms with van der Waals surface area (Å²) < 4.78 is 7.51. The summed E-state index contributed by atoms with van der Waals surface area (Å²) >= 11 is 0. The average Bonchev–Trinajstić information content (AvgIpc) is 2.95. The minimum atomic E-state index is -0.147. The number of nitrogens with zero attached hydrogens (tertiary/aromatic N) is 2. The standard InChI is InChI=1S/C20H21N3O2/c1-4-18-19(13-23(3)22-18)21-20(24)17-11-10-16(12-14(17)2)25-15-8-6-5-7-9-15/h5-13H,4H2,1-3H3,(H,21,24). The fourth-order valence-electron chi connectivity index (χ4n) is 2.67. The van der Waals surface area contributed by atoms with Gasteiger partial charge in [0.2, 0.25) is 0 Å². The second-order valence-corrected chi connectivity index (χ2v) is 5.86. The molecule has 5 nitrogen and oxygen atoms in total. The van der Waals surface area contributed by atoms with Crippen molar-refractivity contribution in [3.05, 3.63) is 71.5 Å². The van der Waals surface area contributed by atoms with E-state index in [0.29, 0.717) is 11.3 Å². The Morgan fingerprint density at radius 3 is 2.60 bits per heavy atom. The second-order valence-electron chi connectivity index (χ2n) is 5.86. The van der Waals surface area contributed by atoms with Gasteiger partial charge in [-0.1, -0.05) is 25.1 Å². The van der Waals surface area contributed by atoms with Gasteiger partial charge >= 0.3 is 0 Å². The number of carbonyl (C=O) groups is 1. The fraction of sp³-hybridized carbons (Fsp3) is 0.200. The molecule has 3 aromatic rings. The Balaban J connectivity index is 1.77. The van der Waals surface area contributed by atoms with Gasteiger partial charge < -0.3 is 10.1 Å². The Labute approximate surface area is 147 Å². The van der Waals surface area contributed by atoms with Crippen molar-refractivity contribution in [3.8, 4) is 11.5 Å². The van der Waals surface area contributed by atoms with E-state index in [0.717, 1.165) is 29.1 Å². The van der Waals surface area contributed by atoms with Crippen LogP contribution >= 0.6 is 0 Å². The Bertz CT molecular complexity index is 885. The third-order valence-corrected chi connectivity index (χ3v) is 3.91. The molecule has 0 bridgehead atoms. The molecule has 0 aliphatic heterocycles. The van der Waals surface area contributed by atoms with Crippen molar-refractivity contribution in [2.24, 2.45) is 7.05 Å². The van der Waals surface area contributed by atoms with Crippen molar-refractivity contribution >= 4 is 11.6 Å².